The summed E-state index contributed by atoms with van der Waals surface area (Å²) in [5.41, 5.74) is 2.92. The van der Waals surface area contributed by atoms with Crippen LogP contribution in [0.4, 0.5) is 11.4 Å². The minimum absolute atomic E-state index is 0.889. The topological polar surface area (TPSA) is 26.7 Å². The predicted molar refractivity (Wildman–Crippen MR) is 108 cm³/mol. The SMILES string of the molecule is CN(C)c1cccc2ccc([C@@](C)(O)c3ccccc3)c(N(C)C)c12. The van der Waals surface area contributed by atoms with E-state index in [1.807, 2.05) is 57.4 Å². The molecule has 1 N–H and O–H groups in total. The lowest BCUT2D eigenvalue weighted by Crippen LogP contribution is -2.26. The number of hydrogen-bond donors (Lipinski definition) is 1. The first-order chi connectivity index (χ1) is 11.8. The molecular weight excluding hydrogens is 308 g/mol. The number of hydrogen-bond acceptors (Lipinski definition) is 3. The van der Waals surface area contributed by atoms with Gasteiger partial charge in [-0.05, 0) is 23.9 Å². The van der Waals surface area contributed by atoms with E-state index in [9.17, 15) is 5.11 Å². The van der Waals surface area contributed by atoms with Crippen LogP contribution in [0.2, 0.25) is 0 Å². The van der Waals surface area contributed by atoms with E-state index < -0.39 is 5.60 Å². The Morgan fingerprint density at radius 2 is 1.44 bits per heavy atom. The molecule has 3 aromatic carbocycles. The third-order valence-corrected chi connectivity index (χ3v) is 4.79. The summed E-state index contributed by atoms with van der Waals surface area (Å²) in [5.74, 6) is 0. The summed E-state index contributed by atoms with van der Waals surface area (Å²) in [7, 11) is 8.17. The summed E-state index contributed by atoms with van der Waals surface area (Å²) in [4.78, 5) is 4.22. The van der Waals surface area contributed by atoms with Gasteiger partial charge in [-0.25, -0.2) is 0 Å². The lowest BCUT2D eigenvalue weighted by atomic mass is 9.85. The second kappa shape index (κ2) is 6.41. The molecule has 130 valence electrons. The van der Waals surface area contributed by atoms with Crippen LogP contribution in [-0.2, 0) is 5.60 Å². The van der Waals surface area contributed by atoms with E-state index in [4.69, 9.17) is 0 Å². The zero-order chi connectivity index (χ0) is 18.2. The van der Waals surface area contributed by atoms with Crippen molar-refractivity contribution in [3.63, 3.8) is 0 Å². The fraction of sp³-hybridized carbons (Fsp3) is 0.273. The second-order valence-corrected chi connectivity index (χ2v) is 7.06. The lowest BCUT2D eigenvalue weighted by Gasteiger charge is -2.32. The molecule has 3 rings (SSSR count). The van der Waals surface area contributed by atoms with Crippen LogP contribution >= 0.6 is 0 Å². The van der Waals surface area contributed by atoms with E-state index in [0.29, 0.717) is 0 Å². The van der Waals surface area contributed by atoms with Gasteiger partial charge in [-0.1, -0.05) is 54.6 Å². The van der Waals surface area contributed by atoms with E-state index in [1.54, 1.807) is 0 Å². The molecule has 0 aliphatic rings. The van der Waals surface area contributed by atoms with Crippen molar-refractivity contribution in [2.45, 2.75) is 12.5 Å². The molecule has 0 saturated carbocycles. The predicted octanol–water partition coefficient (Wildman–Crippen LogP) is 4.23. The molecule has 0 saturated heterocycles. The smallest absolute Gasteiger partial charge is 0.114 e. The molecule has 3 aromatic rings. The zero-order valence-electron chi connectivity index (χ0n) is 15.6. The van der Waals surface area contributed by atoms with Crippen molar-refractivity contribution in [2.24, 2.45) is 0 Å². The fourth-order valence-corrected chi connectivity index (χ4v) is 3.49. The molecule has 0 unspecified atom stereocenters. The molecule has 0 spiro atoms. The second-order valence-electron chi connectivity index (χ2n) is 7.06. The average Bonchev–Trinajstić information content (AvgIpc) is 2.60. The van der Waals surface area contributed by atoms with Gasteiger partial charge in [0.15, 0.2) is 0 Å². The number of aliphatic hydroxyl groups is 1. The number of nitrogens with zero attached hydrogens (tertiary/aromatic N) is 2. The molecule has 0 aliphatic heterocycles. The van der Waals surface area contributed by atoms with Gasteiger partial charge in [0.05, 0.1) is 5.69 Å². The highest BCUT2D eigenvalue weighted by Gasteiger charge is 2.30. The van der Waals surface area contributed by atoms with Gasteiger partial charge in [0.2, 0.25) is 0 Å². The third kappa shape index (κ3) is 2.96. The number of rotatable bonds is 4. The fourth-order valence-electron chi connectivity index (χ4n) is 3.49. The summed E-state index contributed by atoms with van der Waals surface area (Å²) in [6.07, 6.45) is 0. The molecule has 0 heterocycles. The van der Waals surface area contributed by atoms with Crippen LogP contribution in [-0.4, -0.2) is 33.3 Å². The molecule has 0 aliphatic carbocycles. The minimum atomic E-state index is -1.07. The standard InChI is InChI=1S/C22H26N2O/c1-22(25,17-11-7-6-8-12-17)18-15-14-16-10-9-13-19(23(2)3)20(16)21(18)24(4)5/h6-15,25H,1-5H3/t22-/m0/s1. The highest BCUT2D eigenvalue weighted by Crippen LogP contribution is 2.42. The number of fused-ring (bicyclic) bond motifs is 1. The monoisotopic (exact) mass is 334 g/mol. The number of benzene rings is 3. The van der Waals surface area contributed by atoms with Crippen molar-refractivity contribution >= 4 is 22.1 Å². The summed E-state index contributed by atoms with van der Waals surface area (Å²) in [6.45, 7) is 1.87. The average molecular weight is 334 g/mol. The summed E-state index contributed by atoms with van der Waals surface area (Å²) >= 11 is 0. The van der Waals surface area contributed by atoms with Crippen molar-refractivity contribution in [3.8, 4) is 0 Å². The Bertz CT molecular complexity index is 883. The molecule has 25 heavy (non-hydrogen) atoms. The first-order valence-corrected chi connectivity index (χ1v) is 8.53. The molecule has 3 heteroatoms. The van der Waals surface area contributed by atoms with Crippen LogP contribution in [0.3, 0.4) is 0 Å². The first kappa shape index (κ1) is 17.3. The van der Waals surface area contributed by atoms with Crippen LogP contribution in [0.5, 0.6) is 0 Å². The quantitative estimate of drug-likeness (QED) is 0.773. The Morgan fingerprint density at radius 3 is 2.04 bits per heavy atom. The van der Waals surface area contributed by atoms with Crippen molar-refractivity contribution in [2.75, 3.05) is 38.0 Å². The Morgan fingerprint density at radius 1 is 0.760 bits per heavy atom. The maximum atomic E-state index is 11.4. The molecule has 1 atom stereocenters. The first-order valence-electron chi connectivity index (χ1n) is 8.53. The highest BCUT2D eigenvalue weighted by molar-refractivity contribution is 6.05. The molecular formula is C22H26N2O. The van der Waals surface area contributed by atoms with Crippen LogP contribution in [0, 0.1) is 0 Å². The van der Waals surface area contributed by atoms with Gasteiger partial charge in [-0.3, -0.25) is 0 Å². The molecule has 3 nitrogen and oxygen atoms in total. The van der Waals surface area contributed by atoms with Gasteiger partial charge in [0.1, 0.15) is 5.60 Å². The Hall–Kier alpha value is -2.52. The van der Waals surface area contributed by atoms with Gasteiger partial charge in [-0.2, -0.15) is 0 Å². The van der Waals surface area contributed by atoms with Crippen LogP contribution in [0.15, 0.2) is 60.7 Å². The number of anilines is 2. The van der Waals surface area contributed by atoms with Gasteiger partial charge in [-0.15, -0.1) is 0 Å². The largest absolute Gasteiger partial charge is 0.381 e. The maximum absolute atomic E-state index is 11.4. The molecule has 0 amide bonds. The van der Waals surface area contributed by atoms with Crippen molar-refractivity contribution in [1.82, 2.24) is 0 Å². The third-order valence-electron chi connectivity index (χ3n) is 4.79. The van der Waals surface area contributed by atoms with Crippen LogP contribution in [0.1, 0.15) is 18.1 Å². The van der Waals surface area contributed by atoms with Crippen molar-refractivity contribution in [1.29, 1.82) is 0 Å². The van der Waals surface area contributed by atoms with Gasteiger partial charge in [0, 0.05) is 44.8 Å². The van der Waals surface area contributed by atoms with E-state index >= 15 is 0 Å². The van der Waals surface area contributed by atoms with Gasteiger partial charge >= 0.3 is 0 Å². The molecule has 0 fully saturated rings. The van der Waals surface area contributed by atoms with E-state index in [2.05, 4.69) is 48.2 Å². The summed E-state index contributed by atoms with van der Waals surface area (Å²) in [6, 6.07) is 20.3. The zero-order valence-corrected chi connectivity index (χ0v) is 15.6. The lowest BCUT2D eigenvalue weighted by molar-refractivity contribution is 0.103. The highest BCUT2D eigenvalue weighted by atomic mass is 16.3. The maximum Gasteiger partial charge on any atom is 0.114 e. The Balaban J connectivity index is 2.37. The molecule has 0 bridgehead atoms. The summed E-state index contributed by atoms with van der Waals surface area (Å²) < 4.78 is 0. The Labute approximate surface area is 150 Å². The van der Waals surface area contributed by atoms with Crippen LogP contribution in [0.25, 0.3) is 10.8 Å². The normalized spacial score (nSPS) is 13.5. The van der Waals surface area contributed by atoms with E-state index in [1.165, 1.54) is 5.39 Å². The van der Waals surface area contributed by atoms with Crippen molar-refractivity contribution < 1.29 is 5.11 Å². The van der Waals surface area contributed by atoms with Gasteiger partial charge < -0.3 is 14.9 Å². The van der Waals surface area contributed by atoms with Crippen molar-refractivity contribution in [3.05, 3.63) is 71.8 Å². The molecule has 0 aromatic heterocycles. The summed E-state index contributed by atoms with van der Waals surface area (Å²) in [5, 5.41) is 13.8. The van der Waals surface area contributed by atoms with Crippen LogP contribution < -0.4 is 9.80 Å². The molecule has 0 radical (unpaired) electrons. The Kier molecular flexibility index (Phi) is 4.44. The minimum Gasteiger partial charge on any atom is -0.381 e. The van der Waals surface area contributed by atoms with Gasteiger partial charge in [0.25, 0.3) is 0 Å². The van der Waals surface area contributed by atoms with E-state index in [0.717, 1.165) is 27.9 Å². The van der Waals surface area contributed by atoms with E-state index in [-0.39, 0.29) is 0 Å².